The first-order valence-corrected chi connectivity index (χ1v) is 8.67. The maximum absolute atomic E-state index is 10.6. The molecule has 0 aromatic heterocycles. The van der Waals surface area contributed by atoms with Gasteiger partial charge in [0.1, 0.15) is 5.75 Å². The topological polar surface area (TPSA) is 29.5 Å². The molecule has 0 aliphatic heterocycles. The van der Waals surface area contributed by atoms with Gasteiger partial charge in [-0.25, -0.2) is 0 Å². The normalized spacial score (nSPS) is 44.3. The molecule has 5 atom stereocenters. The lowest BCUT2D eigenvalue weighted by Crippen LogP contribution is -2.48. The van der Waals surface area contributed by atoms with E-state index in [2.05, 4.69) is 31.2 Å². The minimum Gasteiger partial charge on any atom is -0.497 e. The highest BCUT2D eigenvalue weighted by Gasteiger charge is 2.71. The first-order chi connectivity index (χ1) is 10.6. The summed E-state index contributed by atoms with van der Waals surface area (Å²) in [6, 6.07) is 6.66. The molecule has 1 N–H and O–H groups in total. The van der Waals surface area contributed by atoms with Gasteiger partial charge >= 0.3 is 0 Å². The molecule has 5 rings (SSSR count). The number of hydrogen-bond donors (Lipinski definition) is 1. The standard InChI is InChI=1S/C20H24O2/c1-19-8-7-16-15-5-4-14(22-2)9-12(15)3-6-17(16)20(19)11-13(20)10-18(19)21/h4-5,9,11,16-18,21H,3,6-8,10H2,1-2H3/t16-,17-,18+,19-,20?/m1/s1. The van der Waals surface area contributed by atoms with E-state index < -0.39 is 0 Å². The summed E-state index contributed by atoms with van der Waals surface area (Å²) in [5, 5.41) is 10.6. The molecule has 1 spiro atoms. The van der Waals surface area contributed by atoms with Crippen molar-refractivity contribution in [2.75, 3.05) is 7.11 Å². The van der Waals surface area contributed by atoms with Crippen LogP contribution in [0.25, 0.3) is 0 Å². The molecule has 116 valence electrons. The molecule has 1 aromatic carbocycles. The van der Waals surface area contributed by atoms with Crippen molar-refractivity contribution in [2.45, 2.75) is 51.0 Å². The Morgan fingerprint density at radius 3 is 2.95 bits per heavy atom. The molecule has 2 fully saturated rings. The van der Waals surface area contributed by atoms with E-state index >= 15 is 0 Å². The maximum Gasteiger partial charge on any atom is 0.119 e. The van der Waals surface area contributed by atoms with Crippen LogP contribution in [0.15, 0.2) is 29.8 Å². The van der Waals surface area contributed by atoms with Crippen molar-refractivity contribution in [1.29, 1.82) is 0 Å². The second-order valence-corrected chi connectivity index (χ2v) is 8.03. The zero-order chi connectivity index (χ0) is 15.1. The smallest absolute Gasteiger partial charge is 0.119 e. The number of benzene rings is 1. The van der Waals surface area contributed by atoms with Gasteiger partial charge in [0.15, 0.2) is 0 Å². The van der Waals surface area contributed by atoms with Crippen LogP contribution in [0.3, 0.4) is 0 Å². The third kappa shape index (κ3) is 1.32. The number of rotatable bonds is 1. The third-order valence-electron chi connectivity index (χ3n) is 7.46. The Labute approximate surface area is 132 Å². The fourth-order valence-electron chi connectivity index (χ4n) is 6.22. The van der Waals surface area contributed by atoms with Crippen molar-refractivity contribution in [3.05, 3.63) is 41.0 Å². The molecule has 1 unspecified atom stereocenters. The number of allylic oxidation sites excluding steroid dienone is 1. The number of ether oxygens (including phenoxy) is 1. The summed E-state index contributed by atoms with van der Waals surface area (Å²) in [5.74, 6) is 2.36. The lowest BCUT2D eigenvalue weighted by molar-refractivity contribution is -0.0442. The number of methoxy groups -OCH3 is 1. The predicted molar refractivity (Wildman–Crippen MR) is 86.0 cm³/mol. The molecular weight excluding hydrogens is 272 g/mol. The zero-order valence-electron chi connectivity index (χ0n) is 13.4. The Bertz CT molecular complexity index is 691. The Morgan fingerprint density at radius 1 is 1.27 bits per heavy atom. The van der Waals surface area contributed by atoms with Gasteiger partial charge in [-0.05, 0) is 67.2 Å². The Kier molecular flexibility index (Phi) is 2.38. The van der Waals surface area contributed by atoms with Crippen molar-refractivity contribution in [2.24, 2.45) is 16.7 Å². The van der Waals surface area contributed by atoms with Crippen LogP contribution >= 0.6 is 0 Å². The molecule has 0 bridgehead atoms. The van der Waals surface area contributed by atoms with Gasteiger partial charge in [0.25, 0.3) is 0 Å². The second kappa shape index (κ2) is 3.97. The quantitative estimate of drug-likeness (QED) is 0.798. The van der Waals surface area contributed by atoms with E-state index in [0.29, 0.717) is 11.8 Å². The number of aliphatic hydroxyl groups excluding tert-OH is 1. The summed E-state index contributed by atoms with van der Waals surface area (Å²) in [6.45, 7) is 2.34. The summed E-state index contributed by atoms with van der Waals surface area (Å²) in [5.41, 5.74) is 4.96. The lowest BCUT2D eigenvalue weighted by atomic mass is 9.51. The van der Waals surface area contributed by atoms with Gasteiger partial charge in [-0.1, -0.05) is 24.6 Å². The highest BCUT2D eigenvalue weighted by molar-refractivity contribution is 5.53. The minimum atomic E-state index is -0.120. The molecule has 0 amide bonds. The van der Waals surface area contributed by atoms with Crippen LogP contribution in [0, 0.1) is 16.7 Å². The molecule has 0 radical (unpaired) electrons. The van der Waals surface area contributed by atoms with Crippen molar-refractivity contribution >= 4 is 0 Å². The van der Waals surface area contributed by atoms with Crippen molar-refractivity contribution in [1.82, 2.24) is 0 Å². The second-order valence-electron chi connectivity index (χ2n) is 8.03. The van der Waals surface area contributed by atoms with E-state index in [-0.39, 0.29) is 16.9 Å². The molecule has 4 aliphatic rings. The van der Waals surface area contributed by atoms with Crippen molar-refractivity contribution in [3.8, 4) is 5.75 Å². The largest absolute Gasteiger partial charge is 0.497 e. The number of aryl methyl sites for hydroxylation is 1. The average molecular weight is 296 g/mol. The summed E-state index contributed by atoms with van der Waals surface area (Å²) in [7, 11) is 1.75. The maximum atomic E-state index is 10.6. The van der Waals surface area contributed by atoms with Crippen molar-refractivity contribution in [3.63, 3.8) is 0 Å². The van der Waals surface area contributed by atoms with Crippen LogP contribution in [-0.4, -0.2) is 18.3 Å². The first-order valence-electron chi connectivity index (χ1n) is 8.67. The average Bonchev–Trinajstić information content (AvgIpc) is 3.19. The van der Waals surface area contributed by atoms with Crippen LogP contribution in [0.4, 0.5) is 0 Å². The van der Waals surface area contributed by atoms with Gasteiger partial charge < -0.3 is 9.84 Å². The Hall–Kier alpha value is -1.28. The first kappa shape index (κ1) is 13.2. The van der Waals surface area contributed by atoms with Crippen LogP contribution in [-0.2, 0) is 6.42 Å². The highest BCUT2D eigenvalue weighted by Crippen LogP contribution is 2.77. The molecular formula is C20H24O2. The fourth-order valence-corrected chi connectivity index (χ4v) is 6.22. The van der Waals surface area contributed by atoms with Crippen LogP contribution < -0.4 is 4.74 Å². The molecule has 4 aliphatic carbocycles. The molecule has 2 saturated carbocycles. The van der Waals surface area contributed by atoms with E-state index in [0.717, 1.165) is 25.0 Å². The van der Waals surface area contributed by atoms with E-state index in [1.54, 1.807) is 18.2 Å². The SMILES string of the molecule is COc1ccc2c(c1)CC[C@@H]1[C@@H]2CC[C@]2(C)[C@@H](O)CC3=CC312. The minimum absolute atomic E-state index is 0.105. The lowest BCUT2D eigenvalue weighted by Gasteiger charge is -2.52. The van der Waals surface area contributed by atoms with Gasteiger partial charge in [0.2, 0.25) is 0 Å². The molecule has 2 heteroatoms. The van der Waals surface area contributed by atoms with Gasteiger partial charge in [-0.15, -0.1) is 0 Å². The summed E-state index contributed by atoms with van der Waals surface area (Å²) >= 11 is 0. The molecule has 22 heavy (non-hydrogen) atoms. The van der Waals surface area contributed by atoms with Gasteiger partial charge in [-0.3, -0.25) is 0 Å². The van der Waals surface area contributed by atoms with Crippen LogP contribution in [0.1, 0.15) is 49.7 Å². The van der Waals surface area contributed by atoms with E-state index in [1.165, 1.54) is 18.4 Å². The van der Waals surface area contributed by atoms with Gasteiger partial charge in [-0.2, -0.15) is 0 Å². The van der Waals surface area contributed by atoms with E-state index in [4.69, 9.17) is 4.74 Å². The van der Waals surface area contributed by atoms with Crippen LogP contribution in [0.5, 0.6) is 5.75 Å². The van der Waals surface area contributed by atoms with Gasteiger partial charge in [0, 0.05) is 10.8 Å². The molecule has 0 saturated heterocycles. The summed E-state index contributed by atoms with van der Waals surface area (Å²) < 4.78 is 5.40. The van der Waals surface area contributed by atoms with E-state index in [9.17, 15) is 5.11 Å². The van der Waals surface area contributed by atoms with Crippen molar-refractivity contribution < 1.29 is 9.84 Å². The molecule has 1 aromatic rings. The zero-order valence-corrected chi connectivity index (χ0v) is 13.4. The summed E-state index contributed by atoms with van der Waals surface area (Å²) in [4.78, 5) is 0. The van der Waals surface area contributed by atoms with Gasteiger partial charge in [0.05, 0.1) is 13.2 Å². The Morgan fingerprint density at radius 2 is 2.14 bits per heavy atom. The number of fused-ring (bicyclic) bond motifs is 3. The highest BCUT2D eigenvalue weighted by atomic mass is 16.5. The fraction of sp³-hybridized carbons (Fsp3) is 0.600. The third-order valence-corrected chi connectivity index (χ3v) is 7.46. The number of aliphatic hydroxyl groups is 1. The Balaban J connectivity index is 1.57. The number of hydrogen-bond acceptors (Lipinski definition) is 2. The summed E-state index contributed by atoms with van der Waals surface area (Å²) in [6.07, 6.45) is 8.11. The molecule has 2 nitrogen and oxygen atoms in total. The monoisotopic (exact) mass is 296 g/mol. The molecule has 0 heterocycles. The van der Waals surface area contributed by atoms with E-state index in [1.807, 2.05) is 0 Å². The van der Waals surface area contributed by atoms with Crippen LogP contribution in [0.2, 0.25) is 0 Å². The predicted octanol–water partition coefficient (Wildman–Crippen LogP) is 3.83.